The van der Waals surface area contributed by atoms with Crippen LogP contribution < -0.4 is 11.1 Å². The fourth-order valence-electron chi connectivity index (χ4n) is 2.15. The number of rotatable bonds is 4. The average molecular weight is 242 g/mol. The second-order valence-electron chi connectivity index (χ2n) is 4.33. The molecule has 0 aliphatic rings. The summed E-state index contributed by atoms with van der Waals surface area (Å²) in [6, 6.07) is 6.16. The van der Waals surface area contributed by atoms with E-state index in [0.29, 0.717) is 5.82 Å². The molecule has 0 saturated carbocycles. The maximum Gasteiger partial charge on any atom is 0.128 e. The van der Waals surface area contributed by atoms with Gasteiger partial charge in [0.15, 0.2) is 0 Å². The van der Waals surface area contributed by atoms with Crippen molar-refractivity contribution in [2.45, 2.75) is 19.4 Å². The number of likely N-dealkylation sites (N-methyl/N-ethyl adjacent to an activating group) is 1. The topological polar surface area (TPSA) is 63.8 Å². The molecule has 0 aromatic carbocycles. The lowest BCUT2D eigenvalue weighted by molar-refractivity contribution is 0.588. The molecule has 4 nitrogen and oxygen atoms in total. The summed E-state index contributed by atoms with van der Waals surface area (Å²) in [5.74, 6) is 0.596. The number of hydrogen-bond acceptors (Lipinski definition) is 4. The van der Waals surface area contributed by atoms with E-state index in [-0.39, 0.29) is 6.04 Å². The number of nitrogens with one attached hydrogen (secondary N) is 1. The molecule has 94 valence electrons. The highest BCUT2D eigenvalue weighted by molar-refractivity contribution is 5.46. The number of nitrogens with zero attached hydrogens (tertiary/aromatic N) is 2. The Kier molecular flexibility index (Phi) is 3.89. The van der Waals surface area contributed by atoms with Crippen LogP contribution in [0.4, 0.5) is 5.82 Å². The van der Waals surface area contributed by atoms with Gasteiger partial charge < -0.3 is 11.1 Å². The van der Waals surface area contributed by atoms with Crippen LogP contribution in [0.1, 0.15) is 22.7 Å². The van der Waals surface area contributed by atoms with Gasteiger partial charge in [0.1, 0.15) is 5.82 Å². The van der Waals surface area contributed by atoms with E-state index in [9.17, 15) is 0 Å². The Morgan fingerprint density at radius 2 is 2.17 bits per heavy atom. The van der Waals surface area contributed by atoms with Crippen LogP contribution in [0.15, 0.2) is 36.8 Å². The van der Waals surface area contributed by atoms with Crippen LogP contribution in [0.25, 0.3) is 0 Å². The second kappa shape index (κ2) is 5.60. The minimum absolute atomic E-state index is 0.155. The van der Waals surface area contributed by atoms with Crippen molar-refractivity contribution in [3.8, 4) is 0 Å². The molecule has 0 aliphatic carbocycles. The standard InChI is InChI=1S/C14H18N4/c1-10-5-7-18-14(15)13(10)12(16-2)8-11-4-3-6-17-9-11/h3-7,9,12,16H,8H2,1-2H3,(H2,15,18). The van der Waals surface area contributed by atoms with Gasteiger partial charge in [-0.3, -0.25) is 4.98 Å². The Labute approximate surface area is 107 Å². The van der Waals surface area contributed by atoms with E-state index in [1.54, 1.807) is 12.4 Å². The lowest BCUT2D eigenvalue weighted by Crippen LogP contribution is -2.21. The Balaban J connectivity index is 2.29. The highest BCUT2D eigenvalue weighted by Gasteiger charge is 2.16. The summed E-state index contributed by atoms with van der Waals surface area (Å²) in [5, 5.41) is 3.30. The van der Waals surface area contributed by atoms with Crippen molar-refractivity contribution in [2.75, 3.05) is 12.8 Å². The van der Waals surface area contributed by atoms with Crippen LogP contribution in [-0.2, 0) is 6.42 Å². The molecule has 2 heterocycles. The smallest absolute Gasteiger partial charge is 0.128 e. The summed E-state index contributed by atoms with van der Waals surface area (Å²) in [6.45, 7) is 2.06. The number of aromatic nitrogens is 2. The summed E-state index contributed by atoms with van der Waals surface area (Å²) in [6.07, 6.45) is 6.25. The maximum atomic E-state index is 5.98. The molecule has 0 spiro atoms. The van der Waals surface area contributed by atoms with Gasteiger partial charge in [-0.1, -0.05) is 6.07 Å². The van der Waals surface area contributed by atoms with Gasteiger partial charge in [-0.25, -0.2) is 4.98 Å². The quantitative estimate of drug-likeness (QED) is 0.859. The number of pyridine rings is 2. The predicted molar refractivity (Wildman–Crippen MR) is 73.1 cm³/mol. The van der Waals surface area contributed by atoms with Crippen molar-refractivity contribution < 1.29 is 0 Å². The summed E-state index contributed by atoms with van der Waals surface area (Å²) in [7, 11) is 1.94. The van der Waals surface area contributed by atoms with E-state index in [1.165, 1.54) is 5.56 Å². The molecule has 2 aromatic rings. The number of hydrogen-bond donors (Lipinski definition) is 2. The van der Waals surface area contributed by atoms with Crippen molar-refractivity contribution in [1.82, 2.24) is 15.3 Å². The lowest BCUT2D eigenvalue weighted by atomic mass is 9.97. The van der Waals surface area contributed by atoms with Gasteiger partial charge in [-0.2, -0.15) is 0 Å². The molecule has 1 unspecified atom stereocenters. The van der Waals surface area contributed by atoms with E-state index in [2.05, 4.69) is 28.3 Å². The molecule has 18 heavy (non-hydrogen) atoms. The zero-order valence-electron chi connectivity index (χ0n) is 10.7. The molecule has 0 fully saturated rings. The van der Waals surface area contributed by atoms with Crippen LogP contribution in [0.3, 0.4) is 0 Å². The SMILES string of the molecule is CNC(Cc1cccnc1)c1c(C)ccnc1N. The van der Waals surface area contributed by atoms with Crippen LogP contribution in [0, 0.1) is 6.92 Å². The number of anilines is 1. The number of nitrogen functional groups attached to an aromatic ring is 1. The fraction of sp³-hybridized carbons (Fsp3) is 0.286. The van der Waals surface area contributed by atoms with E-state index >= 15 is 0 Å². The van der Waals surface area contributed by atoms with Gasteiger partial charge in [0, 0.05) is 30.2 Å². The molecule has 0 amide bonds. The van der Waals surface area contributed by atoms with Crippen molar-refractivity contribution in [2.24, 2.45) is 0 Å². The summed E-state index contributed by atoms with van der Waals surface area (Å²) < 4.78 is 0. The highest BCUT2D eigenvalue weighted by atomic mass is 14.9. The van der Waals surface area contributed by atoms with Gasteiger partial charge in [-0.15, -0.1) is 0 Å². The molecule has 1 atom stereocenters. The largest absolute Gasteiger partial charge is 0.383 e. The van der Waals surface area contributed by atoms with Crippen molar-refractivity contribution >= 4 is 5.82 Å². The lowest BCUT2D eigenvalue weighted by Gasteiger charge is -2.20. The van der Waals surface area contributed by atoms with E-state index in [1.807, 2.05) is 25.4 Å². The molecule has 4 heteroatoms. The highest BCUT2D eigenvalue weighted by Crippen LogP contribution is 2.25. The molecular weight excluding hydrogens is 224 g/mol. The first-order valence-corrected chi connectivity index (χ1v) is 5.99. The molecular formula is C14H18N4. The molecule has 3 N–H and O–H groups in total. The van der Waals surface area contributed by atoms with E-state index < -0.39 is 0 Å². The normalized spacial score (nSPS) is 12.3. The molecule has 0 radical (unpaired) electrons. The first kappa shape index (κ1) is 12.5. The number of aryl methyl sites for hydroxylation is 1. The van der Waals surface area contributed by atoms with E-state index in [0.717, 1.165) is 17.5 Å². The summed E-state index contributed by atoms with van der Waals surface area (Å²) >= 11 is 0. The van der Waals surface area contributed by atoms with Crippen LogP contribution in [0.5, 0.6) is 0 Å². The zero-order valence-corrected chi connectivity index (χ0v) is 10.7. The fourth-order valence-corrected chi connectivity index (χ4v) is 2.15. The monoisotopic (exact) mass is 242 g/mol. The minimum atomic E-state index is 0.155. The second-order valence-corrected chi connectivity index (χ2v) is 4.33. The number of nitrogens with two attached hydrogens (primary N) is 1. The zero-order chi connectivity index (χ0) is 13.0. The van der Waals surface area contributed by atoms with Gasteiger partial charge >= 0.3 is 0 Å². The molecule has 0 bridgehead atoms. The molecule has 0 aliphatic heterocycles. The van der Waals surface area contributed by atoms with Crippen molar-refractivity contribution in [3.63, 3.8) is 0 Å². The molecule has 0 saturated heterocycles. The minimum Gasteiger partial charge on any atom is -0.383 e. The van der Waals surface area contributed by atoms with Crippen LogP contribution in [-0.4, -0.2) is 17.0 Å². The average Bonchev–Trinajstić information content (AvgIpc) is 2.38. The van der Waals surface area contributed by atoms with Gasteiger partial charge in [0.25, 0.3) is 0 Å². The van der Waals surface area contributed by atoms with Crippen LogP contribution >= 0.6 is 0 Å². The molecule has 2 rings (SSSR count). The Hall–Kier alpha value is -1.94. The first-order valence-electron chi connectivity index (χ1n) is 5.99. The Morgan fingerprint density at radius 3 is 2.78 bits per heavy atom. The first-order chi connectivity index (χ1) is 8.72. The Morgan fingerprint density at radius 1 is 1.33 bits per heavy atom. The van der Waals surface area contributed by atoms with Gasteiger partial charge in [0.05, 0.1) is 0 Å². The third-order valence-electron chi connectivity index (χ3n) is 3.10. The van der Waals surface area contributed by atoms with Gasteiger partial charge in [-0.05, 0) is 43.7 Å². The predicted octanol–water partition coefficient (Wildman–Crippen LogP) is 1.87. The summed E-state index contributed by atoms with van der Waals surface area (Å²) in [5.41, 5.74) is 9.40. The van der Waals surface area contributed by atoms with Gasteiger partial charge in [0.2, 0.25) is 0 Å². The Bertz CT molecular complexity index is 490. The van der Waals surface area contributed by atoms with Crippen molar-refractivity contribution in [1.29, 1.82) is 0 Å². The molecule has 2 aromatic heterocycles. The summed E-state index contributed by atoms with van der Waals surface area (Å²) in [4.78, 5) is 8.31. The maximum absolute atomic E-state index is 5.98. The van der Waals surface area contributed by atoms with E-state index in [4.69, 9.17) is 5.73 Å². The third kappa shape index (κ3) is 2.65. The third-order valence-corrected chi connectivity index (χ3v) is 3.10. The van der Waals surface area contributed by atoms with Crippen molar-refractivity contribution in [3.05, 3.63) is 53.5 Å². The van der Waals surface area contributed by atoms with Crippen LogP contribution in [0.2, 0.25) is 0 Å².